The highest BCUT2D eigenvalue weighted by atomic mass is 16.6. The highest BCUT2D eigenvalue weighted by Gasteiger charge is 2.35. The van der Waals surface area contributed by atoms with E-state index in [0.717, 1.165) is 18.8 Å². The van der Waals surface area contributed by atoms with Crippen LogP contribution in [0.25, 0.3) is 0 Å². The van der Waals surface area contributed by atoms with Crippen molar-refractivity contribution in [1.29, 1.82) is 0 Å². The molecule has 2 aliphatic rings. The second kappa shape index (κ2) is 6.31. The Morgan fingerprint density at radius 2 is 2.15 bits per heavy atom. The predicted molar refractivity (Wildman–Crippen MR) is 75.5 cm³/mol. The van der Waals surface area contributed by atoms with Gasteiger partial charge < -0.3 is 14.6 Å². The lowest BCUT2D eigenvalue weighted by Crippen LogP contribution is -2.55. The summed E-state index contributed by atoms with van der Waals surface area (Å²) in [5.41, 5.74) is -0.515. The van der Waals surface area contributed by atoms with Gasteiger partial charge in [-0.1, -0.05) is 12.8 Å². The lowest BCUT2D eigenvalue weighted by atomic mass is 10.0. The molecule has 116 valence electrons. The van der Waals surface area contributed by atoms with E-state index in [0.29, 0.717) is 19.8 Å². The zero-order chi connectivity index (χ0) is 14.8. The smallest absolute Gasteiger partial charge is 0.410 e. The third-order valence-electron chi connectivity index (χ3n) is 3.81. The van der Waals surface area contributed by atoms with Crippen LogP contribution in [0.5, 0.6) is 0 Å². The minimum absolute atomic E-state index is 0.280. The number of aliphatic hydroxyl groups excluding tert-OH is 1. The average molecular weight is 285 g/mol. The fourth-order valence-electron chi connectivity index (χ4n) is 2.49. The van der Waals surface area contributed by atoms with E-state index in [1.807, 2.05) is 20.8 Å². The predicted octanol–water partition coefficient (Wildman–Crippen LogP) is 2.17. The standard InChI is InChI=1S/C15H27NO4/c1-15(2,3)20-14(18)16-8-9-19-10-12(16)13(17)7-6-11-4-5-11/h11-13,17H,4-10H2,1-3H3. The summed E-state index contributed by atoms with van der Waals surface area (Å²) in [6.45, 7) is 6.94. The Bertz CT molecular complexity index is 335. The van der Waals surface area contributed by atoms with Gasteiger partial charge in [-0.3, -0.25) is 4.90 Å². The molecule has 20 heavy (non-hydrogen) atoms. The first-order valence-electron chi connectivity index (χ1n) is 7.62. The normalized spacial score (nSPS) is 25.4. The van der Waals surface area contributed by atoms with Crippen molar-refractivity contribution >= 4 is 6.09 Å². The molecular formula is C15H27NO4. The van der Waals surface area contributed by atoms with Crippen molar-refractivity contribution in [2.45, 2.75) is 64.2 Å². The molecule has 5 nitrogen and oxygen atoms in total. The molecule has 0 radical (unpaired) electrons. The van der Waals surface area contributed by atoms with E-state index < -0.39 is 11.7 Å². The number of hydrogen-bond acceptors (Lipinski definition) is 4. The van der Waals surface area contributed by atoms with Crippen molar-refractivity contribution in [3.63, 3.8) is 0 Å². The van der Waals surface area contributed by atoms with Crippen LogP contribution in [0.4, 0.5) is 4.79 Å². The number of carbonyl (C=O) groups is 1. The Morgan fingerprint density at radius 1 is 1.45 bits per heavy atom. The molecule has 2 unspecified atom stereocenters. The molecule has 5 heteroatoms. The maximum absolute atomic E-state index is 12.2. The van der Waals surface area contributed by atoms with Crippen LogP contribution in [0, 0.1) is 5.92 Å². The van der Waals surface area contributed by atoms with Crippen LogP contribution in [0.1, 0.15) is 46.5 Å². The lowest BCUT2D eigenvalue weighted by Gasteiger charge is -2.38. The van der Waals surface area contributed by atoms with E-state index in [2.05, 4.69) is 0 Å². The first-order chi connectivity index (χ1) is 9.37. The van der Waals surface area contributed by atoms with E-state index in [1.165, 1.54) is 12.8 Å². The molecule has 0 aromatic carbocycles. The zero-order valence-electron chi connectivity index (χ0n) is 12.8. The Morgan fingerprint density at radius 3 is 2.75 bits per heavy atom. The molecule has 2 fully saturated rings. The minimum Gasteiger partial charge on any atom is -0.444 e. The van der Waals surface area contributed by atoms with Crippen LogP contribution in [-0.2, 0) is 9.47 Å². The SMILES string of the molecule is CC(C)(C)OC(=O)N1CCOCC1C(O)CCC1CC1. The van der Waals surface area contributed by atoms with Gasteiger partial charge in [-0.25, -0.2) is 4.79 Å². The molecule has 1 heterocycles. The monoisotopic (exact) mass is 285 g/mol. The third kappa shape index (κ3) is 4.63. The molecule has 1 amide bonds. The Balaban J connectivity index is 1.90. The van der Waals surface area contributed by atoms with Gasteiger partial charge in [0.25, 0.3) is 0 Å². The van der Waals surface area contributed by atoms with Crippen LogP contribution in [0.3, 0.4) is 0 Å². The van der Waals surface area contributed by atoms with E-state index in [4.69, 9.17) is 9.47 Å². The molecule has 2 rings (SSSR count). The van der Waals surface area contributed by atoms with Crippen molar-refractivity contribution in [1.82, 2.24) is 4.90 Å². The Labute approximate surface area is 121 Å². The second-order valence-electron chi connectivity index (χ2n) is 6.90. The first-order valence-corrected chi connectivity index (χ1v) is 7.62. The summed E-state index contributed by atoms with van der Waals surface area (Å²) in [6, 6.07) is -0.280. The van der Waals surface area contributed by atoms with Gasteiger partial charge in [0.05, 0.1) is 25.4 Å². The van der Waals surface area contributed by atoms with Gasteiger partial charge in [-0.15, -0.1) is 0 Å². The number of rotatable bonds is 4. The second-order valence-corrected chi connectivity index (χ2v) is 6.90. The maximum atomic E-state index is 12.2. The Kier molecular flexibility index (Phi) is 4.91. The zero-order valence-corrected chi connectivity index (χ0v) is 12.8. The molecule has 1 aliphatic heterocycles. The van der Waals surface area contributed by atoms with Gasteiger partial charge >= 0.3 is 6.09 Å². The minimum atomic E-state index is -0.525. The van der Waals surface area contributed by atoms with Crippen molar-refractivity contribution in [2.75, 3.05) is 19.8 Å². The van der Waals surface area contributed by atoms with E-state index in [1.54, 1.807) is 4.90 Å². The van der Waals surface area contributed by atoms with Crippen LogP contribution < -0.4 is 0 Å². The van der Waals surface area contributed by atoms with Gasteiger partial charge in [0.1, 0.15) is 5.60 Å². The van der Waals surface area contributed by atoms with E-state index >= 15 is 0 Å². The Hall–Kier alpha value is -0.810. The largest absolute Gasteiger partial charge is 0.444 e. The maximum Gasteiger partial charge on any atom is 0.410 e. The number of hydrogen-bond donors (Lipinski definition) is 1. The van der Waals surface area contributed by atoms with Crippen molar-refractivity contribution in [2.24, 2.45) is 5.92 Å². The van der Waals surface area contributed by atoms with E-state index in [9.17, 15) is 9.90 Å². The fourth-order valence-corrected chi connectivity index (χ4v) is 2.49. The summed E-state index contributed by atoms with van der Waals surface area (Å²) >= 11 is 0. The van der Waals surface area contributed by atoms with Crippen LogP contribution in [-0.4, -0.2) is 53.6 Å². The summed E-state index contributed by atoms with van der Waals surface area (Å²) in [7, 11) is 0. The first kappa shape index (κ1) is 15.6. The lowest BCUT2D eigenvalue weighted by molar-refractivity contribution is -0.0682. The van der Waals surface area contributed by atoms with Gasteiger partial charge in [0.2, 0.25) is 0 Å². The quantitative estimate of drug-likeness (QED) is 0.860. The number of carbonyl (C=O) groups excluding carboxylic acids is 1. The summed E-state index contributed by atoms with van der Waals surface area (Å²) in [6.07, 6.45) is 3.46. The molecule has 2 atom stereocenters. The van der Waals surface area contributed by atoms with Gasteiger partial charge in [-0.2, -0.15) is 0 Å². The topological polar surface area (TPSA) is 59.0 Å². The summed E-state index contributed by atoms with van der Waals surface area (Å²) in [5.74, 6) is 0.782. The molecule has 1 saturated heterocycles. The summed E-state index contributed by atoms with van der Waals surface area (Å²) in [5, 5.41) is 10.3. The number of ether oxygens (including phenoxy) is 2. The molecule has 0 bridgehead atoms. The van der Waals surface area contributed by atoms with Crippen LogP contribution >= 0.6 is 0 Å². The number of morpholine rings is 1. The molecule has 0 aromatic rings. The number of amides is 1. The van der Waals surface area contributed by atoms with Gasteiger partial charge in [0.15, 0.2) is 0 Å². The number of aliphatic hydroxyl groups is 1. The molecular weight excluding hydrogens is 258 g/mol. The van der Waals surface area contributed by atoms with Crippen LogP contribution in [0.2, 0.25) is 0 Å². The molecule has 1 aliphatic carbocycles. The fraction of sp³-hybridized carbons (Fsp3) is 0.933. The molecule has 1 N–H and O–H groups in total. The molecule has 0 aromatic heterocycles. The van der Waals surface area contributed by atoms with Crippen molar-refractivity contribution in [3.8, 4) is 0 Å². The summed E-state index contributed by atoms with van der Waals surface area (Å²) in [4.78, 5) is 13.8. The number of nitrogens with zero attached hydrogens (tertiary/aromatic N) is 1. The van der Waals surface area contributed by atoms with E-state index in [-0.39, 0.29) is 12.1 Å². The molecule has 0 spiro atoms. The van der Waals surface area contributed by atoms with Crippen molar-refractivity contribution < 1.29 is 19.4 Å². The third-order valence-corrected chi connectivity index (χ3v) is 3.81. The average Bonchev–Trinajstić information content (AvgIpc) is 3.18. The summed E-state index contributed by atoms with van der Waals surface area (Å²) < 4.78 is 10.8. The highest BCUT2D eigenvalue weighted by Crippen LogP contribution is 2.34. The van der Waals surface area contributed by atoms with Gasteiger partial charge in [0, 0.05) is 6.54 Å². The van der Waals surface area contributed by atoms with Gasteiger partial charge in [-0.05, 0) is 39.5 Å². The van der Waals surface area contributed by atoms with Crippen LogP contribution in [0.15, 0.2) is 0 Å². The highest BCUT2D eigenvalue weighted by molar-refractivity contribution is 5.68. The molecule has 1 saturated carbocycles. The van der Waals surface area contributed by atoms with Crippen molar-refractivity contribution in [3.05, 3.63) is 0 Å².